The van der Waals surface area contributed by atoms with E-state index in [1.807, 2.05) is 10.8 Å². The van der Waals surface area contributed by atoms with E-state index in [1.54, 1.807) is 32.2 Å². The number of nitrogens with one attached hydrogen (secondary N) is 1. The maximum Gasteiger partial charge on any atom is 0.214 e. The lowest BCUT2D eigenvalue weighted by Crippen LogP contribution is -2.30. The molecule has 0 bridgehead atoms. The number of benzene rings is 1. The molecule has 2 aromatic heterocycles. The van der Waals surface area contributed by atoms with Crippen LogP contribution >= 0.6 is 11.6 Å². The summed E-state index contributed by atoms with van der Waals surface area (Å²) in [5.41, 5.74) is 2.53. The first-order chi connectivity index (χ1) is 13.6. The molecular formula is C21H25ClFN3O2S. The van der Waals surface area contributed by atoms with Crippen LogP contribution < -0.4 is 4.72 Å². The summed E-state index contributed by atoms with van der Waals surface area (Å²) in [6.45, 7) is 8.26. The topological polar surface area (TPSA) is 64.0 Å². The van der Waals surface area contributed by atoms with Gasteiger partial charge in [-0.05, 0) is 43.5 Å². The van der Waals surface area contributed by atoms with Crippen LogP contribution in [0.4, 0.5) is 4.39 Å². The Morgan fingerprint density at radius 2 is 1.93 bits per heavy atom. The Labute approximate surface area is 176 Å². The summed E-state index contributed by atoms with van der Waals surface area (Å²) in [5.74, 6) is -0.0512. The summed E-state index contributed by atoms with van der Waals surface area (Å²) >= 11 is 6.23. The summed E-state index contributed by atoms with van der Waals surface area (Å²) in [5, 5.41) is 0.518. The van der Waals surface area contributed by atoms with Crippen LogP contribution in [0.25, 0.3) is 22.0 Å². The lowest BCUT2D eigenvalue weighted by Gasteiger charge is -2.11. The van der Waals surface area contributed by atoms with Gasteiger partial charge in [0.2, 0.25) is 10.0 Å². The van der Waals surface area contributed by atoms with E-state index in [2.05, 4.69) is 23.6 Å². The molecule has 0 saturated heterocycles. The summed E-state index contributed by atoms with van der Waals surface area (Å²) in [6, 6.07) is 4.91. The average molecular weight is 438 g/mol. The van der Waals surface area contributed by atoms with Crippen LogP contribution in [-0.2, 0) is 23.1 Å². The van der Waals surface area contributed by atoms with Crippen molar-refractivity contribution in [1.29, 1.82) is 0 Å². The van der Waals surface area contributed by atoms with Crippen LogP contribution in [0, 0.1) is 11.7 Å². The predicted molar refractivity (Wildman–Crippen MR) is 116 cm³/mol. The first-order valence-corrected chi connectivity index (χ1v) is 11.4. The van der Waals surface area contributed by atoms with E-state index in [1.165, 1.54) is 12.3 Å². The van der Waals surface area contributed by atoms with E-state index in [-0.39, 0.29) is 6.54 Å². The normalized spacial score (nSPS) is 12.4. The summed E-state index contributed by atoms with van der Waals surface area (Å²) < 4.78 is 44.0. The fourth-order valence-electron chi connectivity index (χ4n) is 3.21. The van der Waals surface area contributed by atoms with Gasteiger partial charge in [0.25, 0.3) is 0 Å². The first-order valence-electron chi connectivity index (χ1n) is 9.49. The third-order valence-electron chi connectivity index (χ3n) is 4.76. The van der Waals surface area contributed by atoms with Crippen molar-refractivity contribution in [1.82, 2.24) is 14.3 Å². The zero-order chi connectivity index (χ0) is 21.3. The van der Waals surface area contributed by atoms with Gasteiger partial charge in [0.15, 0.2) is 0 Å². The number of rotatable bonds is 7. The summed E-state index contributed by atoms with van der Waals surface area (Å²) in [6.07, 6.45) is 4.95. The zero-order valence-corrected chi connectivity index (χ0v) is 18.5. The quantitative estimate of drug-likeness (QED) is 0.567. The van der Waals surface area contributed by atoms with E-state index in [0.29, 0.717) is 27.5 Å². The van der Waals surface area contributed by atoms with Crippen LogP contribution in [0.1, 0.15) is 33.3 Å². The maximum atomic E-state index is 15.0. The lowest BCUT2D eigenvalue weighted by atomic mass is 10.0. The Balaban J connectivity index is 2.13. The minimum Gasteiger partial charge on any atom is -0.347 e. The minimum absolute atomic E-state index is 0.108. The van der Waals surface area contributed by atoms with Crippen molar-refractivity contribution in [3.8, 4) is 11.1 Å². The molecule has 0 spiro atoms. The fraction of sp³-hybridized carbons (Fsp3) is 0.381. The van der Waals surface area contributed by atoms with Gasteiger partial charge in [0, 0.05) is 53.7 Å². The molecule has 0 aliphatic heterocycles. The van der Waals surface area contributed by atoms with E-state index >= 15 is 4.39 Å². The number of aromatic nitrogens is 2. The molecular weight excluding hydrogens is 413 g/mol. The van der Waals surface area contributed by atoms with Crippen molar-refractivity contribution < 1.29 is 12.8 Å². The van der Waals surface area contributed by atoms with Crippen molar-refractivity contribution in [2.75, 3.05) is 0 Å². The minimum atomic E-state index is -3.42. The zero-order valence-electron chi connectivity index (χ0n) is 16.9. The van der Waals surface area contributed by atoms with Gasteiger partial charge in [-0.25, -0.2) is 17.5 Å². The highest BCUT2D eigenvalue weighted by molar-refractivity contribution is 7.90. The highest BCUT2D eigenvalue weighted by Crippen LogP contribution is 2.34. The maximum absolute atomic E-state index is 15.0. The molecule has 1 N–H and O–H groups in total. The Bertz CT molecular complexity index is 1140. The Morgan fingerprint density at radius 1 is 1.21 bits per heavy atom. The van der Waals surface area contributed by atoms with E-state index < -0.39 is 21.1 Å². The number of pyridine rings is 1. The van der Waals surface area contributed by atoms with Gasteiger partial charge in [-0.3, -0.25) is 4.98 Å². The van der Waals surface area contributed by atoms with Crippen molar-refractivity contribution in [3.63, 3.8) is 0 Å². The monoisotopic (exact) mass is 437 g/mol. The van der Waals surface area contributed by atoms with Crippen LogP contribution in [0.2, 0.25) is 5.02 Å². The molecule has 5 nitrogen and oxygen atoms in total. The van der Waals surface area contributed by atoms with E-state index in [0.717, 1.165) is 17.6 Å². The molecule has 29 heavy (non-hydrogen) atoms. The van der Waals surface area contributed by atoms with Crippen LogP contribution in [0.5, 0.6) is 0 Å². The van der Waals surface area contributed by atoms with Crippen molar-refractivity contribution in [2.45, 2.75) is 46.0 Å². The average Bonchev–Trinajstić information content (AvgIpc) is 2.96. The molecule has 0 aliphatic rings. The van der Waals surface area contributed by atoms with E-state index in [9.17, 15) is 8.42 Å². The molecule has 0 unspecified atom stereocenters. The highest BCUT2D eigenvalue weighted by atomic mass is 35.5. The van der Waals surface area contributed by atoms with Crippen LogP contribution in [0.15, 0.2) is 36.8 Å². The molecule has 156 valence electrons. The number of sulfonamides is 1. The van der Waals surface area contributed by atoms with Gasteiger partial charge in [0.05, 0.1) is 10.3 Å². The number of fused-ring (bicyclic) bond motifs is 1. The molecule has 8 heteroatoms. The Morgan fingerprint density at radius 3 is 2.55 bits per heavy atom. The predicted octanol–water partition coefficient (Wildman–Crippen LogP) is 4.98. The lowest BCUT2D eigenvalue weighted by molar-refractivity contribution is 0.534. The molecule has 0 atom stereocenters. The van der Waals surface area contributed by atoms with Crippen molar-refractivity contribution in [2.24, 2.45) is 5.92 Å². The fourth-order valence-corrected chi connectivity index (χ4v) is 4.13. The third-order valence-corrected chi connectivity index (χ3v) is 6.85. The summed E-state index contributed by atoms with van der Waals surface area (Å²) in [7, 11) is -3.42. The van der Waals surface area contributed by atoms with Crippen molar-refractivity contribution >= 4 is 32.5 Å². The standard InChI is InChI=1S/C21H25ClFN3O2S/c1-13(2)11-26-12-15(9-25-29(27,28)14(3)4)17-7-20(23)18(8-21(17)26)16-5-6-24-10-19(16)22/h5-8,10,12-14,25H,9,11H2,1-4H3. The van der Waals surface area contributed by atoms with Gasteiger partial charge < -0.3 is 4.57 Å². The highest BCUT2D eigenvalue weighted by Gasteiger charge is 2.19. The van der Waals surface area contributed by atoms with Crippen LogP contribution in [-0.4, -0.2) is 23.2 Å². The Hall–Kier alpha value is -1.96. The molecule has 3 rings (SSSR count). The third kappa shape index (κ3) is 4.63. The molecule has 1 aromatic carbocycles. The smallest absolute Gasteiger partial charge is 0.214 e. The SMILES string of the molecule is CC(C)Cn1cc(CNS(=O)(=O)C(C)C)c2cc(F)c(-c3ccncc3Cl)cc21. The van der Waals surface area contributed by atoms with Crippen LogP contribution in [0.3, 0.4) is 0 Å². The number of halogens is 2. The number of hydrogen-bond donors (Lipinski definition) is 1. The first kappa shape index (κ1) is 21.7. The molecule has 0 amide bonds. The molecule has 3 aromatic rings. The molecule has 0 saturated carbocycles. The Kier molecular flexibility index (Phi) is 6.31. The second kappa shape index (κ2) is 8.42. The second-order valence-corrected chi connectivity index (χ2v) is 10.5. The van der Waals surface area contributed by atoms with Gasteiger partial charge in [-0.15, -0.1) is 0 Å². The summed E-state index contributed by atoms with van der Waals surface area (Å²) in [4.78, 5) is 3.96. The van der Waals surface area contributed by atoms with Gasteiger partial charge in [-0.1, -0.05) is 25.4 Å². The van der Waals surface area contributed by atoms with E-state index in [4.69, 9.17) is 11.6 Å². The number of hydrogen-bond acceptors (Lipinski definition) is 3. The second-order valence-electron chi connectivity index (χ2n) is 7.82. The van der Waals surface area contributed by atoms with Gasteiger partial charge in [-0.2, -0.15) is 0 Å². The van der Waals surface area contributed by atoms with Gasteiger partial charge >= 0.3 is 0 Å². The molecule has 2 heterocycles. The van der Waals surface area contributed by atoms with Crippen molar-refractivity contribution in [3.05, 3.63) is 53.2 Å². The number of nitrogens with zero attached hydrogens (tertiary/aromatic N) is 2. The largest absolute Gasteiger partial charge is 0.347 e. The molecule has 0 aliphatic carbocycles. The molecule has 0 radical (unpaired) electrons. The van der Waals surface area contributed by atoms with Gasteiger partial charge in [0.1, 0.15) is 5.82 Å². The molecule has 0 fully saturated rings.